The van der Waals surface area contributed by atoms with E-state index < -0.39 is 9.84 Å². The maximum atomic E-state index is 13.1. The van der Waals surface area contributed by atoms with E-state index in [4.69, 9.17) is 4.74 Å². The molecule has 0 spiro atoms. The van der Waals surface area contributed by atoms with Gasteiger partial charge in [-0.15, -0.1) is 0 Å². The third-order valence-electron chi connectivity index (χ3n) is 5.84. The summed E-state index contributed by atoms with van der Waals surface area (Å²) in [6.07, 6.45) is 0.699. The molecule has 2 heterocycles. The molecule has 2 aliphatic heterocycles. The number of ether oxygens (including phenoxy) is 1. The van der Waals surface area contributed by atoms with Crippen LogP contribution in [0.25, 0.3) is 0 Å². The van der Waals surface area contributed by atoms with Gasteiger partial charge >= 0.3 is 0 Å². The standard InChI is InChI=1S/C22H26N2O4S/c1-16-6-5-8-18(12-16)24-20-15-29(26,27)14-19(20)23(13-22(24)25)11-10-17-7-3-4-9-21(17)28-2/h3-9,12,19-20H,10-11,13-15H2,1-2H3/t19-,20+/m0/s1. The van der Waals surface area contributed by atoms with Crippen LogP contribution in [0.15, 0.2) is 48.5 Å². The number of methoxy groups -OCH3 is 1. The number of rotatable bonds is 5. The molecule has 2 saturated heterocycles. The Bertz CT molecular complexity index is 1020. The fourth-order valence-corrected chi connectivity index (χ4v) is 6.47. The fraction of sp³-hybridized carbons (Fsp3) is 0.409. The first kappa shape index (κ1) is 19.9. The molecule has 1 amide bonds. The molecular formula is C22H26N2O4S. The van der Waals surface area contributed by atoms with Gasteiger partial charge in [-0.05, 0) is 42.7 Å². The van der Waals surface area contributed by atoms with Crippen molar-refractivity contribution in [2.75, 3.05) is 36.6 Å². The second kappa shape index (κ2) is 7.80. The molecule has 0 radical (unpaired) electrons. The third-order valence-corrected chi connectivity index (χ3v) is 7.54. The third kappa shape index (κ3) is 4.02. The van der Waals surface area contributed by atoms with Crippen molar-refractivity contribution in [2.45, 2.75) is 25.4 Å². The molecule has 4 rings (SSSR count). The van der Waals surface area contributed by atoms with Crippen LogP contribution in [0.2, 0.25) is 0 Å². The average molecular weight is 415 g/mol. The van der Waals surface area contributed by atoms with Gasteiger partial charge in [0.05, 0.1) is 31.2 Å². The molecule has 2 aromatic rings. The minimum Gasteiger partial charge on any atom is -0.496 e. The number of hydrogen-bond donors (Lipinski definition) is 0. The van der Waals surface area contributed by atoms with Crippen LogP contribution in [0.1, 0.15) is 11.1 Å². The number of para-hydroxylation sites is 1. The number of hydrogen-bond acceptors (Lipinski definition) is 5. The highest BCUT2D eigenvalue weighted by Gasteiger charge is 2.49. The molecule has 7 heteroatoms. The SMILES string of the molecule is COc1ccccc1CCN1CC(=O)N(c2cccc(C)c2)[C@@H]2CS(=O)(=O)C[C@@H]21. The predicted octanol–water partition coefficient (Wildman–Crippen LogP) is 2.06. The minimum absolute atomic E-state index is 0.0164. The van der Waals surface area contributed by atoms with Crippen LogP contribution < -0.4 is 9.64 Å². The molecule has 0 unspecified atom stereocenters. The number of carbonyl (C=O) groups excluding carboxylic acids is 1. The second-order valence-electron chi connectivity index (χ2n) is 7.85. The number of nitrogens with zero attached hydrogens (tertiary/aromatic N) is 2. The van der Waals surface area contributed by atoms with Crippen molar-refractivity contribution >= 4 is 21.4 Å². The van der Waals surface area contributed by atoms with Crippen molar-refractivity contribution in [3.8, 4) is 5.75 Å². The van der Waals surface area contributed by atoms with E-state index in [0.717, 1.165) is 22.6 Å². The molecule has 0 bridgehead atoms. The van der Waals surface area contributed by atoms with Crippen LogP contribution >= 0.6 is 0 Å². The van der Waals surface area contributed by atoms with E-state index >= 15 is 0 Å². The maximum Gasteiger partial charge on any atom is 0.241 e. The van der Waals surface area contributed by atoms with E-state index in [0.29, 0.717) is 13.0 Å². The maximum absolute atomic E-state index is 13.1. The van der Waals surface area contributed by atoms with Crippen LogP contribution in [-0.2, 0) is 21.1 Å². The van der Waals surface area contributed by atoms with Crippen LogP contribution in [0, 0.1) is 6.92 Å². The zero-order chi connectivity index (χ0) is 20.6. The molecule has 2 fully saturated rings. The summed E-state index contributed by atoms with van der Waals surface area (Å²) >= 11 is 0. The number of fused-ring (bicyclic) bond motifs is 1. The zero-order valence-electron chi connectivity index (χ0n) is 16.7. The highest BCUT2D eigenvalue weighted by Crippen LogP contribution is 2.32. The summed E-state index contributed by atoms with van der Waals surface area (Å²) in [4.78, 5) is 16.8. The highest BCUT2D eigenvalue weighted by molar-refractivity contribution is 7.91. The Labute approximate surface area is 172 Å². The predicted molar refractivity (Wildman–Crippen MR) is 113 cm³/mol. The molecule has 0 aliphatic carbocycles. The van der Waals surface area contributed by atoms with Crippen LogP contribution in [0.5, 0.6) is 5.75 Å². The summed E-state index contributed by atoms with van der Waals surface area (Å²) in [5.74, 6) is 0.878. The molecule has 0 aromatic heterocycles. The van der Waals surface area contributed by atoms with Crippen molar-refractivity contribution in [2.24, 2.45) is 0 Å². The summed E-state index contributed by atoms with van der Waals surface area (Å²) in [5, 5.41) is 0. The first-order chi connectivity index (χ1) is 13.9. The van der Waals surface area contributed by atoms with Gasteiger partial charge in [0.1, 0.15) is 5.75 Å². The van der Waals surface area contributed by atoms with Gasteiger partial charge in [0.15, 0.2) is 9.84 Å². The first-order valence-corrected chi connectivity index (χ1v) is 11.7. The van der Waals surface area contributed by atoms with Gasteiger partial charge in [0.25, 0.3) is 0 Å². The summed E-state index contributed by atoms with van der Waals surface area (Å²) in [5.41, 5.74) is 2.89. The summed E-state index contributed by atoms with van der Waals surface area (Å²) in [7, 11) is -1.55. The van der Waals surface area contributed by atoms with Gasteiger partial charge in [-0.25, -0.2) is 8.42 Å². The van der Waals surface area contributed by atoms with E-state index in [1.165, 1.54) is 0 Å². The molecular weight excluding hydrogens is 388 g/mol. The minimum atomic E-state index is -3.19. The Morgan fingerprint density at radius 1 is 1.07 bits per heavy atom. The molecule has 2 aliphatic rings. The quantitative estimate of drug-likeness (QED) is 0.749. The van der Waals surface area contributed by atoms with Gasteiger partial charge in [-0.3, -0.25) is 9.69 Å². The Hall–Kier alpha value is -2.38. The van der Waals surface area contributed by atoms with E-state index in [1.807, 2.05) is 60.4 Å². The van der Waals surface area contributed by atoms with Gasteiger partial charge < -0.3 is 9.64 Å². The summed E-state index contributed by atoms with van der Waals surface area (Å²) < 4.78 is 30.4. The summed E-state index contributed by atoms with van der Waals surface area (Å²) in [6.45, 7) is 2.81. The molecule has 2 atom stereocenters. The van der Waals surface area contributed by atoms with Gasteiger partial charge in [-0.2, -0.15) is 0 Å². The second-order valence-corrected chi connectivity index (χ2v) is 10.0. The smallest absolute Gasteiger partial charge is 0.241 e. The van der Waals surface area contributed by atoms with E-state index in [9.17, 15) is 13.2 Å². The summed E-state index contributed by atoms with van der Waals surface area (Å²) in [6, 6.07) is 15.0. The van der Waals surface area contributed by atoms with Crippen molar-refractivity contribution in [1.82, 2.24) is 4.90 Å². The van der Waals surface area contributed by atoms with E-state index in [1.54, 1.807) is 12.0 Å². The average Bonchev–Trinajstić information content (AvgIpc) is 3.01. The number of carbonyl (C=O) groups is 1. The number of anilines is 1. The Kier molecular flexibility index (Phi) is 5.36. The Morgan fingerprint density at radius 3 is 2.59 bits per heavy atom. The van der Waals surface area contributed by atoms with Crippen molar-refractivity contribution in [1.29, 1.82) is 0 Å². The van der Waals surface area contributed by atoms with Gasteiger partial charge in [-0.1, -0.05) is 30.3 Å². The number of sulfone groups is 1. The lowest BCUT2D eigenvalue weighted by molar-refractivity contribution is -0.123. The topological polar surface area (TPSA) is 66.9 Å². The molecule has 2 aromatic carbocycles. The van der Waals surface area contributed by atoms with Crippen molar-refractivity contribution < 1.29 is 17.9 Å². The van der Waals surface area contributed by atoms with E-state index in [2.05, 4.69) is 0 Å². The number of aryl methyl sites for hydroxylation is 1. The van der Waals surface area contributed by atoms with Gasteiger partial charge in [0.2, 0.25) is 5.91 Å². The largest absolute Gasteiger partial charge is 0.496 e. The van der Waals surface area contributed by atoms with Crippen LogP contribution in [0.3, 0.4) is 0 Å². The molecule has 0 N–H and O–H groups in total. The molecule has 29 heavy (non-hydrogen) atoms. The van der Waals surface area contributed by atoms with Crippen LogP contribution in [-0.4, -0.2) is 63.0 Å². The number of amides is 1. The first-order valence-electron chi connectivity index (χ1n) is 9.83. The molecule has 0 saturated carbocycles. The normalized spacial score (nSPS) is 23.8. The number of benzene rings is 2. The van der Waals surface area contributed by atoms with Crippen molar-refractivity contribution in [3.63, 3.8) is 0 Å². The lowest BCUT2D eigenvalue weighted by atomic mass is 10.0. The lowest BCUT2D eigenvalue weighted by Gasteiger charge is -2.43. The Morgan fingerprint density at radius 2 is 1.83 bits per heavy atom. The molecule has 6 nitrogen and oxygen atoms in total. The monoisotopic (exact) mass is 414 g/mol. The number of piperazine rings is 1. The highest BCUT2D eigenvalue weighted by atomic mass is 32.2. The zero-order valence-corrected chi connectivity index (χ0v) is 17.6. The van der Waals surface area contributed by atoms with Crippen LogP contribution in [0.4, 0.5) is 5.69 Å². The molecule has 154 valence electrons. The lowest BCUT2D eigenvalue weighted by Crippen LogP contribution is -2.62. The fourth-order valence-electron chi connectivity index (χ4n) is 4.49. The Balaban J connectivity index is 1.59. The van der Waals surface area contributed by atoms with E-state index in [-0.39, 0.29) is 36.0 Å². The van der Waals surface area contributed by atoms with Crippen molar-refractivity contribution in [3.05, 3.63) is 59.7 Å². The van der Waals surface area contributed by atoms with Gasteiger partial charge in [0, 0.05) is 18.3 Å².